The molecule has 0 aliphatic rings. The number of ether oxygens (including phenoxy) is 1. The van der Waals surface area contributed by atoms with E-state index in [4.69, 9.17) is 10.5 Å². The van der Waals surface area contributed by atoms with E-state index in [1.807, 2.05) is 30.3 Å². The third kappa shape index (κ3) is 5.00. The van der Waals surface area contributed by atoms with Crippen LogP contribution in [0.1, 0.15) is 21.5 Å². The van der Waals surface area contributed by atoms with Gasteiger partial charge in [0.05, 0.1) is 20.7 Å². The van der Waals surface area contributed by atoms with Crippen LogP contribution in [-0.2, 0) is 6.61 Å². The molecule has 1 amide bonds. The molecule has 0 heterocycles. The molecular formula is C25H19Br2N3O2. The van der Waals surface area contributed by atoms with E-state index in [0.29, 0.717) is 23.6 Å². The fraction of sp³-hybridized carbons (Fsp3) is 0.0400. The number of para-hydroxylation sites is 1. The van der Waals surface area contributed by atoms with Gasteiger partial charge in [-0.1, -0.05) is 54.6 Å². The molecule has 3 N–H and O–H groups in total. The highest BCUT2D eigenvalue weighted by Gasteiger charge is 2.11. The zero-order valence-electron chi connectivity index (χ0n) is 16.9. The topological polar surface area (TPSA) is 76.7 Å². The highest BCUT2D eigenvalue weighted by atomic mass is 79.9. The Morgan fingerprint density at radius 3 is 2.44 bits per heavy atom. The van der Waals surface area contributed by atoms with Gasteiger partial charge in [-0.2, -0.15) is 5.10 Å². The average molecular weight is 553 g/mol. The van der Waals surface area contributed by atoms with E-state index < -0.39 is 0 Å². The van der Waals surface area contributed by atoms with Gasteiger partial charge in [-0.05, 0) is 78.0 Å². The summed E-state index contributed by atoms with van der Waals surface area (Å²) < 4.78 is 7.65. The van der Waals surface area contributed by atoms with Gasteiger partial charge >= 0.3 is 0 Å². The van der Waals surface area contributed by atoms with Crippen molar-refractivity contribution in [2.45, 2.75) is 6.61 Å². The molecule has 7 heteroatoms. The number of hydrogen-bond donors (Lipinski definition) is 2. The Labute approximate surface area is 202 Å². The van der Waals surface area contributed by atoms with Crippen LogP contribution in [0.25, 0.3) is 10.8 Å². The van der Waals surface area contributed by atoms with Gasteiger partial charge in [0.15, 0.2) is 0 Å². The Bertz CT molecular complexity index is 1290. The molecule has 0 radical (unpaired) electrons. The summed E-state index contributed by atoms with van der Waals surface area (Å²) in [6, 6.07) is 25.0. The van der Waals surface area contributed by atoms with E-state index in [2.05, 4.69) is 66.7 Å². The minimum Gasteiger partial charge on any atom is -0.487 e. The number of nitrogen functional groups attached to an aromatic ring is 1. The third-order valence-corrected chi connectivity index (χ3v) is 6.04. The number of rotatable bonds is 6. The summed E-state index contributed by atoms with van der Waals surface area (Å²) in [5.41, 5.74) is 11.0. The molecule has 5 nitrogen and oxygen atoms in total. The lowest BCUT2D eigenvalue weighted by atomic mass is 10.1. The molecule has 0 spiro atoms. The molecule has 0 saturated carbocycles. The van der Waals surface area contributed by atoms with Crippen LogP contribution in [0.4, 0.5) is 5.69 Å². The van der Waals surface area contributed by atoms with Crippen LogP contribution in [0.3, 0.4) is 0 Å². The first kappa shape index (κ1) is 22.0. The SMILES string of the molecule is Nc1ccccc1C(=O)N/N=C/c1cc(Br)c(OCc2cccc3ccccc23)c(Br)c1. The summed E-state index contributed by atoms with van der Waals surface area (Å²) in [5, 5.41) is 6.38. The fourth-order valence-corrected chi connectivity index (χ4v) is 4.74. The molecule has 4 aromatic rings. The van der Waals surface area contributed by atoms with Crippen LogP contribution >= 0.6 is 31.9 Å². The summed E-state index contributed by atoms with van der Waals surface area (Å²) in [6.07, 6.45) is 1.56. The lowest BCUT2D eigenvalue weighted by Crippen LogP contribution is -2.19. The maximum absolute atomic E-state index is 12.2. The van der Waals surface area contributed by atoms with Gasteiger partial charge < -0.3 is 10.5 Å². The number of halogens is 2. The molecule has 32 heavy (non-hydrogen) atoms. The number of hydrogen-bond acceptors (Lipinski definition) is 4. The second-order valence-corrected chi connectivity index (χ2v) is 8.74. The van der Waals surface area contributed by atoms with Gasteiger partial charge in [0.2, 0.25) is 0 Å². The van der Waals surface area contributed by atoms with Gasteiger partial charge in [0.25, 0.3) is 5.91 Å². The summed E-state index contributed by atoms with van der Waals surface area (Å²) >= 11 is 7.14. The number of benzene rings is 4. The second kappa shape index (κ2) is 9.97. The van der Waals surface area contributed by atoms with Crippen molar-refractivity contribution >= 4 is 60.4 Å². The number of nitrogens with two attached hydrogens (primary N) is 1. The zero-order chi connectivity index (χ0) is 22.5. The van der Waals surface area contributed by atoms with Crippen molar-refractivity contribution in [3.63, 3.8) is 0 Å². The normalized spacial score (nSPS) is 11.1. The minimum atomic E-state index is -0.368. The highest BCUT2D eigenvalue weighted by molar-refractivity contribution is 9.11. The molecule has 4 rings (SSSR count). The molecule has 0 aliphatic heterocycles. The van der Waals surface area contributed by atoms with Crippen LogP contribution in [0.5, 0.6) is 5.75 Å². The minimum absolute atomic E-state index is 0.368. The Morgan fingerprint density at radius 2 is 1.66 bits per heavy atom. The summed E-state index contributed by atoms with van der Waals surface area (Å²) in [7, 11) is 0. The largest absolute Gasteiger partial charge is 0.487 e. The van der Waals surface area contributed by atoms with E-state index in [9.17, 15) is 4.79 Å². The first-order valence-corrected chi connectivity index (χ1v) is 11.4. The molecular weight excluding hydrogens is 534 g/mol. The Balaban J connectivity index is 1.45. The number of fused-ring (bicyclic) bond motifs is 1. The van der Waals surface area contributed by atoms with Gasteiger partial charge in [-0.25, -0.2) is 5.43 Å². The molecule has 160 valence electrons. The number of amides is 1. The van der Waals surface area contributed by atoms with Crippen molar-refractivity contribution in [1.29, 1.82) is 0 Å². The van der Waals surface area contributed by atoms with Crippen molar-refractivity contribution in [3.8, 4) is 5.75 Å². The predicted molar refractivity (Wildman–Crippen MR) is 136 cm³/mol. The van der Waals surface area contributed by atoms with Gasteiger partial charge in [0, 0.05) is 5.69 Å². The van der Waals surface area contributed by atoms with E-state index in [-0.39, 0.29) is 5.91 Å². The average Bonchev–Trinajstić information content (AvgIpc) is 2.79. The number of hydrazone groups is 1. The molecule has 0 aliphatic carbocycles. The molecule has 0 aromatic heterocycles. The number of nitrogens with zero attached hydrogens (tertiary/aromatic N) is 1. The standard InChI is InChI=1S/C25H19Br2N3O2/c26-21-12-16(14-29-30-25(31)20-10-3-4-11-23(20)28)13-22(27)24(21)32-15-18-8-5-7-17-6-1-2-9-19(17)18/h1-14H,15,28H2,(H,30,31)/b29-14+. The molecule has 0 atom stereocenters. The van der Waals surface area contributed by atoms with Gasteiger partial charge in [-0.3, -0.25) is 4.79 Å². The van der Waals surface area contributed by atoms with Crippen LogP contribution in [0, 0.1) is 0 Å². The molecule has 0 unspecified atom stereocenters. The zero-order valence-corrected chi connectivity index (χ0v) is 20.1. The molecule has 0 saturated heterocycles. The van der Waals surface area contributed by atoms with Crippen LogP contribution in [-0.4, -0.2) is 12.1 Å². The van der Waals surface area contributed by atoms with E-state index in [1.165, 1.54) is 10.8 Å². The van der Waals surface area contributed by atoms with E-state index >= 15 is 0 Å². The second-order valence-electron chi connectivity index (χ2n) is 7.03. The summed E-state index contributed by atoms with van der Waals surface area (Å²) in [5.74, 6) is 0.323. The van der Waals surface area contributed by atoms with Crippen LogP contribution in [0.2, 0.25) is 0 Å². The first-order chi connectivity index (χ1) is 15.5. The van der Waals surface area contributed by atoms with Crippen molar-refractivity contribution in [2.75, 3.05) is 5.73 Å². The van der Waals surface area contributed by atoms with Crippen molar-refractivity contribution < 1.29 is 9.53 Å². The van der Waals surface area contributed by atoms with Crippen molar-refractivity contribution in [1.82, 2.24) is 5.43 Å². The van der Waals surface area contributed by atoms with Crippen molar-refractivity contribution in [3.05, 3.63) is 104 Å². The lowest BCUT2D eigenvalue weighted by molar-refractivity contribution is 0.0956. The van der Waals surface area contributed by atoms with Gasteiger partial charge in [-0.15, -0.1) is 0 Å². The Hall–Kier alpha value is -3.16. The summed E-state index contributed by atoms with van der Waals surface area (Å²) in [6.45, 7) is 0.431. The summed E-state index contributed by atoms with van der Waals surface area (Å²) in [4.78, 5) is 12.2. The maximum atomic E-state index is 12.2. The fourth-order valence-electron chi connectivity index (χ4n) is 3.29. The number of nitrogens with one attached hydrogen (secondary N) is 1. The van der Waals surface area contributed by atoms with E-state index in [0.717, 1.165) is 20.1 Å². The van der Waals surface area contributed by atoms with Crippen molar-refractivity contribution in [2.24, 2.45) is 5.10 Å². The lowest BCUT2D eigenvalue weighted by Gasteiger charge is -2.13. The van der Waals surface area contributed by atoms with Crippen LogP contribution < -0.4 is 15.9 Å². The third-order valence-electron chi connectivity index (χ3n) is 4.86. The monoisotopic (exact) mass is 551 g/mol. The quantitative estimate of drug-likeness (QED) is 0.168. The Kier molecular flexibility index (Phi) is 6.87. The number of anilines is 1. The highest BCUT2D eigenvalue weighted by Crippen LogP contribution is 2.35. The molecule has 4 aromatic carbocycles. The number of carbonyl (C=O) groups excluding carboxylic acids is 1. The van der Waals surface area contributed by atoms with Crippen LogP contribution in [0.15, 0.2) is 92.9 Å². The molecule has 0 bridgehead atoms. The molecule has 0 fully saturated rings. The van der Waals surface area contributed by atoms with E-state index in [1.54, 1.807) is 30.5 Å². The van der Waals surface area contributed by atoms with Gasteiger partial charge in [0.1, 0.15) is 12.4 Å². The smallest absolute Gasteiger partial charge is 0.273 e. The Morgan fingerprint density at radius 1 is 0.969 bits per heavy atom. The first-order valence-electron chi connectivity index (χ1n) is 9.79. The predicted octanol–water partition coefficient (Wildman–Crippen LogP) is 6.29. The maximum Gasteiger partial charge on any atom is 0.273 e. The number of carbonyl (C=O) groups is 1.